The number of hydrogen-bond donors (Lipinski definition) is 1. The van der Waals surface area contributed by atoms with Crippen LogP contribution >= 0.6 is 27.5 Å². The molecule has 4 heteroatoms. The third-order valence-electron chi connectivity index (χ3n) is 3.54. The maximum absolute atomic E-state index is 13.6. The zero-order chi connectivity index (χ0) is 13.0. The summed E-state index contributed by atoms with van der Waals surface area (Å²) in [7, 11) is 0. The summed E-state index contributed by atoms with van der Waals surface area (Å²) in [4.78, 5) is 0. The molecule has 1 aliphatic rings. The van der Waals surface area contributed by atoms with Crippen molar-refractivity contribution < 1.29 is 4.39 Å². The second-order valence-electron chi connectivity index (χ2n) is 4.98. The molecule has 0 aromatic heterocycles. The van der Waals surface area contributed by atoms with E-state index < -0.39 is 0 Å². The van der Waals surface area contributed by atoms with Gasteiger partial charge in [0.05, 0.1) is 0 Å². The van der Waals surface area contributed by atoms with Gasteiger partial charge in [-0.1, -0.05) is 22.0 Å². The van der Waals surface area contributed by atoms with Crippen molar-refractivity contribution in [3.8, 4) is 0 Å². The Balaban J connectivity index is 1.75. The summed E-state index contributed by atoms with van der Waals surface area (Å²) in [6, 6.07) is 5.20. The SMILES string of the molecule is Fc1cc(Br)ccc1CNCC1CCC(Cl)CC1. The van der Waals surface area contributed by atoms with E-state index in [4.69, 9.17) is 11.6 Å². The molecule has 1 saturated carbocycles. The molecule has 18 heavy (non-hydrogen) atoms. The van der Waals surface area contributed by atoms with Crippen LogP contribution in [0.25, 0.3) is 0 Å². The highest BCUT2D eigenvalue weighted by molar-refractivity contribution is 9.10. The molecule has 2 rings (SSSR count). The topological polar surface area (TPSA) is 12.0 Å². The Bertz CT molecular complexity index is 391. The largest absolute Gasteiger partial charge is 0.312 e. The lowest BCUT2D eigenvalue weighted by Gasteiger charge is -2.25. The molecule has 0 aliphatic heterocycles. The van der Waals surface area contributed by atoms with Gasteiger partial charge in [-0.2, -0.15) is 0 Å². The fourth-order valence-electron chi connectivity index (χ4n) is 2.40. The first-order valence-corrected chi connectivity index (χ1v) is 7.67. The highest BCUT2D eigenvalue weighted by atomic mass is 79.9. The number of benzene rings is 1. The van der Waals surface area contributed by atoms with Gasteiger partial charge < -0.3 is 5.32 Å². The van der Waals surface area contributed by atoms with Gasteiger partial charge in [0.2, 0.25) is 0 Å². The highest BCUT2D eigenvalue weighted by Crippen LogP contribution is 2.27. The van der Waals surface area contributed by atoms with Crippen molar-refractivity contribution >= 4 is 27.5 Å². The van der Waals surface area contributed by atoms with Crippen LogP contribution < -0.4 is 5.32 Å². The molecular formula is C14H18BrClFN. The van der Waals surface area contributed by atoms with Gasteiger partial charge in [0.25, 0.3) is 0 Å². The van der Waals surface area contributed by atoms with Crippen molar-refractivity contribution in [2.45, 2.75) is 37.6 Å². The smallest absolute Gasteiger partial charge is 0.128 e. The Morgan fingerprint density at radius 1 is 1.28 bits per heavy atom. The van der Waals surface area contributed by atoms with Crippen molar-refractivity contribution in [3.05, 3.63) is 34.1 Å². The lowest BCUT2D eigenvalue weighted by molar-refractivity contribution is 0.345. The van der Waals surface area contributed by atoms with Gasteiger partial charge in [0, 0.05) is 22.0 Å². The van der Waals surface area contributed by atoms with Gasteiger partial charge >= 0.3 is 0 Å². The van der Waals surface area contributed by atoms with Crippen LogP contribution in [0.5, 0.6) is 0 Å². The normalized spacial score (nSPS) is 24.2. The van der Waals surface area contributed by atoms with Gasteiger partial charge in [-0.15, -0.1) is 11.6 Å². The lowest BCUT2D eigenvalue weighted by Crippen LogP contribution is -2.26. The summed E-state index contributed by atoms with van der Waals surface area (Å²) < 4.78 is 14.4. The molecule has 1 nitrogen and oxygen atoms in total. The standard InChI is InChI=1S/C14H18BrClFN/c15-12-4-3-11(14(17)7-12)9-18-8-10-1-5-13(16)6-2-10/h3-4,7,10,13,18H,1-2,5-6,8-9H2. The first-order chi connectivity index (χ1) is 8.65. The summed E-state index contributed by atoms with van der Waals surface area (Å²) >= 11 is 9.33. The molecule has 0 spiro atoms. The van der Waals surface area contributed by atoms with Crippen LogP contribution in [0.4, 0.5) is 4.39 Å². The summed E-state index contributed by atoms with van der Waals surface area (Å²) in [5.41, 5.74) is 0.726. The van der Waals surface area contributed by atoms with Crippen LogP contribution in [0.2, 0.25) is 0 Å². The summed E-state index contributed by atoms with van der Waals surface area (Å²) in [5, 5.41) is 3.71. The van der Waals surface area contributed by atoms with Gasteiger partial charge in [0.15, 0.2) is 0 Å². The molecule has 0 radical (unpaired) electrons. The van der Waals surface area contributed by atoms with E-state index in [0.717, 1.165) is 29.4 Å². The quantitative estimate of drug-likeness (QED) is 0.801. The monoisotopic (exact) mass is 333 g/mol. The lowest BCUT2D eigenvalue weighted by atomic mass is 9.89. The fraction of sp³-hybridized carbons (Fsp3) is 0.571. The summed E-state index contributed by atoms with van der Waals surface area (Å²) in [6.07, 6.45) is 4.59. The summed E-state index contributed by atoms with van der Waals surface area (Å²) in [5.74, 6) is 0.542. The van der Waals surface area contributed by atoms with Crippen LogP contribution in [0, 0.1) is 11.7 Å². The van der Waals surface area contributed by atoms with Gasteiger partial charge in [-0.3, -0.25) is 0 Å². The number of alkyl halides is 1. The Morgan fingerprint density at radius 3 is 2.67 bits per heavy atom. The van der Waals surface area contributed by atoms with Crippen LogP contribution in [-0.4, -0.2) is 11.9 Å². The van der Waals surface area contributed by atoms with Crippen molar-refractivity contribution in [1.82, 2.24) is 5.32 Å². The van der Waals surface area contributed by atoms with E-state index in [-0.39, 0.29) is 5.82 Å². The number of nitrogens with one attached hydrogen (secondary N) is 1. The van der Waals surface area contributed by atoms with Crippen molar-refractivity contribution in [1.29, 1.82) is 0 Å². The molecule has 1 fully saturated rings. The van der Waals surface area contributed by atoms with Gasteiger partial charge in [0.1, 0.15) is 5.82 Å². The van der Waals surface area contributed by atoms with E-state index in [9.17, 15) is 4.39 Å². The molecule has 0 atom stereocenters. The van der Waals surface area contributed by atoms with E-state index >= 15 is 0 Å². The average Bonchev–Trinajstić information content (AvgIpc) is 2.34. The Labute approximate surface area is 121 Å². The van der Waals surface area contributed by atoms with Gasteiger partial charge in [-0.25, -0.2) is 4.39 Å². The molecule has 1 aromatic rings. The van der Waals surface area contributed by atoms with Crippen molar-refractivity contribution in [3.63, 3.8) is 0 Å². The van der Waals surface area contributed by atoms with Crippen LogP contribution in [0.3, 0.4) is 0 Å². The Morgan fingerprint density at radius 2 is 2.00 bits per heavy atom. The third-order valence-corrected chi connectivity index (χ3v) is 4.47. The van der Waals surface area contributed by atoms with Crippen LogP contribution in [0.15, 0.2) is 22.7 Å². The summed E-state index contributed by atoms with van der Waals surface area (Å²) in [6.45, 7) is 1.55. The van der Waals surface area contributed by atoms with E-state index in [1.54, 1.807) is 0 Å². The minimum Gasteiger partial charge on any atom is -0.312 e. The fourth-order valence-corrected chi connectivity index (χ4v) is 2.99. The Kier molecular flexibility index (Phi) is 5.46. The molecule has 1 aliphatic carbocycles. The first-order valence-electron chi connectivity index (χ1n) is 6.44. The highest BCUT2D eigenvalue weighted by Gasteiger charge is 2.18. The zero-order valence-corrected chi connectivity index (χ0v) is 12.6. The number of halogens is 3. The van der Waals surface area contributed by atoms with Crippen LogP contribution in [0.1, 0.15) is 31.2 Å². The first kappa shape index (κ1) is 14.3. The van der Waals surface area contributed by atoms with Gasteiger partial charge in [-0.05, 0) is 50.3 Å². The molecular weight excluding hydrogens is 317 g/mol. The predicted octanol–water partition coefficient (Wildman–Crippen LogP) is 4.48. The van der Waals surface area contributed by atoms with E-state index in [0.29, 0.717) is 17.8 Å². The minimum atomic E-state index is -0.152. The van der Waals surface area contributed by atoms with Crippen molar-refractivity contribution in [2.75, 3.05) is 6.54 Å². The molecule has 0 bridgehead atoms. The number of hydrogen-bond acceptors (Lipinski definition) is 1. The molecule has 1 aromatic carbocycles. The second-order valence-corrected chi connectivity index (χ2v) is 6.52. The maximum atomic E-state index is 13.6. The predicted molar refractivity (Wildman–Crippen MR) is 77.4 cm³/mol. The molecule has 0 amide bonds. The second kappa shape index (κ2) is 6.88. The van der Waals surface area contributed by atoms with E-state index in [1.807, 2.05) is 12.1 Å². The minimum absolute atomic E-state index is 0.152. The van der Waals surface area contributed by atoms with Crippen molar-refractivity contribution in [2.24, 2.45) is 5.92 Å². The molecule has 0 unspecified atom stereocenters. The molecule has 0 heterocycles. The van der Waals surface area contributed by atoms with E-state index in [1.165, 1.54) is 18.9 Å². The number of rotatable bonds is 4. The average molecular weight is 335 g/mol. The zero-order valence-electron chi connectivity index (χ0n) is 10.3. The third kappa shape index (κ3) is 4.22. The molecule has 1 N–H and O–H groups in total. The van der Waals surface area contributed by atoms with Crippen LogP contribution in [-0.2, 0) is 6.54 Å². The Hall–Kier alpha value is -0.120. The molecule has 100 valence electrons. The van der Waals surface area contributed by atoms with E-state index in [2.05, 4.69) is 21.2 Å². The molecule has 0 saturated heterocycles. The maximum Gasteiger partial charge on any atom is 0.128 e.